The Kier molecular flexibility index (Phi) is 3.83. The molecule has 0 fully saturated rings. The lowest BCUT2D eigenvalue weighted by molar-refractivity contribution is 0.101. The van der Waals surface area contributed by atoms with Gasteiger partial charge in [0.1, 0.15) is 5.82 Å². The van der Waals surface area contributed by atoms with Gasteiger partial charge in [-0.1, -0.05) is 6.07 Å². The lowest BCUT2D eigenvalue weighted by atomic mass is 9.90. The Balaban J connectivity index is 2.93. The summed E-state index contributed by atoms with van der Waals surface area (Å²) in [5.41, 5.74) is 7.35. The molecule has 15 heavy (non-hydrogen) atoms. The van der Waals surface area contributed by atoms with Crippen LogP contribution in [0.4, 0.5) is 4.39 Å². The van der Waals surface area contributed by atoms with Gasteiger partial charge in [0.05, 0.1) is 12.1 Å². The van der Waals surface area contributed by atoms with Crippen molar-refractivity contribution in [3.8, 4) is 0 Å². The molecule has 0 heterocycles. The normalized spacial score (nSPS) is 15.0. The first kappa shape index (κ1) is 12.1. The van der Waals surface area contributed by atoms with Crippen LogP contribution < -0.4 is 5.73 Å². The first-order valence-electron chi connectivity index (χ1n) is 5.10. The van der Waals surface area contributed by atoms with E-state index in [1.165, 1.54) is 12.1 Å². The summed E-state index contributed by atoms with van der Waals surface area (Å²) in [5, 5.41) is 0. The topological polar surface area (TPSA) is 35.2 Å². The SMILES string of the molecule is CCOCC(C)(N)c1ccc(F)cc1C. The maximum atomic E-state index is 12.9. The van der Waals surface area contributed by atoms with Crippen LogP contribution in [0.15, 0.2) is 18.2 Å². The molecule has 1 atom stereocenters. The van der Waals surface area contributed by atoms with Crippen molar-refractivity contribution in [1.29, 1.82) is 0 Å². The Morgan fingerprint density at radius 3 is 2.67 bits per heavy atom. The maximum Gasteiger partial charge on any atom is 0.123 e. The highest BCUT2D eigenvalue weighted by Crippen LogP contribution is 2.22. The lowest BCUT2D eigenvalue weighted by Gasteiger charge is -2.26. The van der Waals surface area contributed by atoms with Crippen LogP contribution >= 0.6 is 0 Å². The van der Waals surface area contributed by atoms with E-state index in [9.17, 15) is 4.39 Å². The zero-order valence-electron chi connectivity index (χ0n) is 9.51. The van der Waals surface area contributed by atoms with E-state index in [-0.39, 0.29) is 5.82 Å². The third kappa shape index (κ3) is 3.01. The van der Waals surface area contributed by atoms with Crippen molar-refractivity contribution in [1.82, 2.24) is 0 Å². The van der Waals surface area contributed by atoms with Crippen LogP contribution in [0.5, 0.6) is 0 Å². The van der Waals surface area contributed by atoms with Gasteiger partial charge in [-0.25, -0.2) is 4.39 Å². The summed E-state index contributed by atoms with van der Waals surface area (Å²) in [5.74, 6) is -0.233. The van der Waals surface area contributed by atoms with E-state index in [0.29, 0.717) is 13.2 Å². The van der Waals surface area contributed by atoms with Crippen molar-refractivity contribution < 1.29 is 9.13 Å². The van der Waals surface area contributed by atoms with Crippen LogP contribution in [0.2, 0.25) is 0 Å². The van der Waals surface area contributed by atoms with Crippen LogP contribution in [0.25, 0.3) is 0 Å². The molecule has 0 aliphatic rings. The Bertz CT molecular complexity index is 336. The van der Waals surface area contributed by atoms with Gasteiger partial charge in [-0.3, -0.25) is 0 Å². The molecule has 0 aliphatic heterocycles. The number of nitrogens with two attached hydrogens (primary N) is 1. The molecule has 1 aromatic rings. The minimum Gasteiger partial charge on any atom is -0.379 e. The van der Waals surface area contributed by atoms with E-state index < -0.39 is 5.54 Å². The molecule has 1 rings (SSSR count). The zero-order valence-corrected chi connectivity index (χ0v) is 9.51. The summed E-state index contributed by atoms with van der Waals surface area (Å²) >= 11 is 0. The quantitative estimate of drug-likeness (QED) is 0.829. The van der Waals surface area contributed by atoms with Crippen molar-refractivity contribution in [2.45, 2.75) is 26.3 Å². The molecule has 0 amide bonds. The molecule has 1 aromatic carbocycles. The molecule has 3 heteroatoms. The van der Waals surface area contributed by atoms with Gasteiger partial charge in [-0.2, -0.15) is 0 Å². The summed E-state index contributed by atoms with van der Waals surface area (Å²) in [4.78, 5) is 0. The van der Waals surface area contributed by atoms with Gasteiger partial charge in [0.2, 0.25) is 0 Å². The van der Waals surface area contributed by atoms with Gasteiger partial charge in [-0.05, 0) is 44.0 Å². The molecule has 0 saturated carbocycles. The molecule has 1 unspecified atom stereocenters. The maximum absolute atomic E-state index is 12.9. The van der Waals surface area contributed by atoms with Gasteiger partial charge in [0.15, 0.2) is 0 Å². The van der Waals surface area contributed by atoms with Crippen molar-refractivity contribution >= 4 is 0 Å². The van der Waals surface area contributed by atoms with Crippen LogP contribution in [0, 0.1) is 12.7 Å². The van der Waals surface area contributed by atoms with E-state index >= 15 is 0 Å². The molecule has 0 bridgehead atoms. The highest BCUT2D eigenvalue weighted by Gasteiger charge is 2.23. The Morgan fingerprint density at radius 2 is 2.13 bits per heavy atom. The van der Waals surface area contributed by atoms with Gasteiger partial charge in [0, 0.05) is 6.61 Å². The number of hydrogen-bond donors (Lipinski definition) is 1. The zero-order chi connectivity index (χ0) is 11.5. The van der Waals surface area contributed by atoms with E-state index in [2.05, 4.69) is 0 Å². The number of benzene rings is 1. The number of ether oxygens (including phenoxy) is 1. The van der Waals surface area contributed by atoms with Crippen molar-refractivity contribution in [2.75, 3.05) is 13.2 Å². The average molecular weight is 211 g/mol. The highest BCUT2D eigenvalue weighted by molar-refractivity contribution is 5.32. The first-order chi connectivity index (χ1) is 6.97. The molecule has 2 N–H and O–H groups in total. The average Bonchev–Trinajstić information content (AvgIpc) is 2.14. The predicted molar refractivity (Wildman–Crippen MR) is 59.2 cm³/mol. The molecule has 0 aromatic heterocycles. The third-order valence-corrected chi connectivity index (χ3v) is 2.41. The van der Waals surface area contributed by atoms with Gasteiger partial charge < -0.3 is 10.5 Å². The van der Waals surface area contributed by atoms with Gasteiger partial charge in [-0.15, -0.1) is 0 Å². The first-order valence-corrected chi connectivity index (χ1v) is 5.10. The fraction of sp³-hybridized carbons (Fsp3) is 0.500. The Labute approximate surface area is 90.2 Å². The fourth-order valence-electron chi connectivity index (χ4n) is 1.66. The predicted octanol–water partition coefficient (Wildman–Crippen LogP) is 2.34. The number of halogens is 1. The van der Waals surface area contributed by atoms with E-state index in [4.69, 9.17) is 10.5 Å². The summed E-state index contributed by atoms with van der Waals surface area (Å²) in [6.45, 7) is 6.75. The van der Waals surface area contributed by atoms with E-state index in [0.717, 1.165) is 11.1 Å². The van der Waals surface area contributed by atoms with Crippen LogP contribution in [-0.4, -0.2) is 13.2 Å². The monoisotopic (exact) mass is 211 g/mol. The molecule has 2 nitrogen and oxygen atoms in total. The van der Waals surface area contributed by atoms with Crippen LogP contribution in [0.1, 0.15) is 25.0 Å². The van der Waals surface area contributed by atoms with Crippen molar-refractivity contribution in [3.63, 3.8) is 0 Å². The Hall–Kier alpha value is -0.930. The summed E-state index contributed by atoms with van der Waals surface area (Å²) in [6.07, 6.45) is 0. The minimum absolute atomic E-state index is 0.233. The summed E-state index contributed by atoms with van der Waals surface area (Å²) in [7, 11) is 0. The van der Waals surface area contributed by atoms with Crippen molar-refractivity contribution in [3.05, 3.63) is 35.1 Å². The number of aryl methyl sites for hydroxylation is 1. The molecule has 84 valence electrons. The molecular weight excluding hydrogens is 193 g/mol. The number of rotatable bonds is 4. The minimum atomic E-state index is -0.562. The molecular formula is C12H18FNO. The van der Waals surface area contributed by atoms with Crippen LogP contribution in [0.3, 0.4) is 0 Å². The molecule has 0 aliphatic carbocycles. The summed E-state index contributed by atoms with van der Waals surface area (Å²) < 4.78 is 18.2. The molecule has 0 spiro atoms. The smallest absolute Gasteiger partial charge is 0.123 e. The molecule has 0 radical (unpaired) electrons. The second kappa shape index (κ2) is 4.73. The number of hydrogen-bond acceptors (Lipinski definition) is 2. The van der Waals surface area contributed by atoms with E-state index in [1.54, 1.807) is 6.07 Å². The second-order valence-corrected chi connectivity index (χ2v) is 4.01. The lowest BCUT2D eigenvalue weighted by Crippen LogP contribution is -2.38. The third-order valence-electron chi connectivity index (χ3n) is 2.41. The largest absolute Gasteiger partial charge is 0.379 e. The van der Waals surface area contributed by atoms with Gasteiger partial charge >= 0.3 is 0 Å². The molecule has 0 saturated heterocycles. The highest BCUT2D eigenvalue weighted by atomic mass is 19.1. The summed E-state index contributed by atoms with van der Waals surface area (Å²) in [6, 6.07) is 4.65. The van der Waals surface area contributed by atoms with Crippen LogP contribution in [-0.2, 0) is 10.3 Å². The van der Waals surface area contributed by atoms with E-state index in [1.807, 2.05) is 20.8 Å². The van der Waals surface area contributed by atoms with Crippen molar-refractivity contribution in [2.24, 2.45) is 5.73 Å². The Morgan fingerprint density at radius 1 is 1.47 bits per heavy atom. The van der Waals surface area contributed by atoms with Gasteiger partial charge in [0.25, 0.3) is 0 Å². The standard InChI is InChI=1S/C12H18FNO/c1-4-15-8-12(3,14)11-6-5-10(13)7-9(11)2/h5-7H,4,8,14H2,1-3H3. The fourth-order valence-corrected chi connectivity index (χ4v) is 1.66. The second-order valence-electron chi connectivity index (χ2n) is 4.01.